The lowest BCUT2D eigenvalue weighted by molar-refractivity contribution is 0.414. The molecule has 2 heteroatoms. The second-order valence-electron chi connectivity index (χ2n) is 4.28. The van der Waals surface area contributed by atoms with Gasteiger partial charge in [-0.15, -0.1) is 0 Å². The van der Waals surface area contributed by atoms with E-state index in [2.05, 4.69) is 60.1 Å². The Morgan fingerprint density at radius 1 is 1.22 bits per heavy atom. The first kappa shape index (κ1) is 13.2. The molecule has 0 N–H and O–H groups in total. The Balaban J connectivity index is 2.64. The Hall–Kier alpha value is -1.28. The molecular weight excluding hydrogens is 288 g/mol. The monoisotopic (exact) mass is 303 g/mol. The van der Waals surface area contributed by atoms with Gasteiger partial charge in [-0.2, -0.15) is 0 Å². The van der Waals surface area contributed by atoms with Gasteiger partial charge in [0.2, 0.25) is 0 Å². The van der Waals surface area contributed by atoms with Crippen LogP contribution >= 0.6 is 15.9 Å². The van der Waals surface area contributed by atoms with Crippen LogP contribution in [0.25, 0.3) is 11.1 Å². The van der Waals surface area contributed by atoms with E-state index in [9.17, 15) is 0 Å². The molecule has 93 valence electrons. The maximum atomic E-state index is 5.28. The normalized spacial score (nSPS) is 10.4. The van der Waals surface area contributed by atoms with Crippen LogP contribution in [0.3, 0.4) is 0 Å². The summed E-state index contributed by atoms with van der Waals surface area (Å²) in [7, 11) is 1.67. The van der Waals surface area contributed by atoms with E-state index in [1.807, 2.05) is 6.07 Å². The third-order valence-electron chi connectivity index (χ3n) is 3.02. The molecule has 0 unspecified atom stereocenters. The Morgan fingerprint density at radius 3 is 2.67 bits per heavy atom. The molecular formula is C16H16BrO. The molecule has 0 spiro atoms. The van der Waals surface area contributed by atoms with Crippen molar-refractivity contribution in [1.82, 2.24) is 0 Å². The molecule has 1 nitrogen and oxygen atoms in total. The molecule has 0 heterocycles. The van der Waals surface area contributed by atoms with Crippen LogP contribution in [0.1, 0.15) is 18.1 Å². The molecule has 2 aromatic rings. The van der Waals surface area contributed by atoms with E-state index < -0.39 is 0 Å². The molecule has 18 heavy (non-hydrogen) atoms. The SMILES string of the molecule is CCc1c[c]c(OC)cc1-c1cc(C)ccc1Br. The van der Waals surface area contributed by atoms with Crippen LogP contribution in [0.15, 0.2) is 34.8 Å². The highest BCUT2D eigenvalue weighted by atomic mass is 79.9. The van der Waals surface area contributed by atoms with Crippen molar-refractivity contribution in [3.8, 4) is 16.9 Å². The molecule has 0 aliphatic rings. The Kier molecular flexibility index (Phi) is 4.07. The first-order valence-electron chi connectivity index (χ1n) is 6.00. The summed E-state index contributed by atoms with van der Waals surface area (Å²) in [6, 6.07) is 13.6. The number of ether oxygens (including phenoxy) is 1. The zero-order valence-electron chi connectivity index (χ0n) is 10.9. The molecule has 0 saturated heterocycles. The van der Waals surface area contributed by atoms with E-state index in [-0.39, 0.29) is 0 Å². The van der Waals surface area contributed by atoms with Gasteiger partial charge in [0.1, 0.15) is 5.75 Å². The van der Waals surface area contributed by atoms with Gasteiger partial charge in [0.25, 0.3) is 0 Å². The van der Waals surface area contributed by atoms with Crippen molar-refractivity contribution in [1.29, 1.82) is 0 Å². The highest BCUT2D eigenvalue weighted by molar-refractivity contribution is 9.10. The third-order valence-corrected chi connectivity index (χ3v) is 3.71. The van der Waals surface area contributed by atoms with Gasteiger partial charge in [-0.1, -0.05) is 40.5 Å². The molecule has 0 fully saturated rings. The van der Waals surface area contributed by atoms with E-state index in [1.54, 1.807) is 7.11 Å². The van der Waals surface area contributed by atoms with Gasteiger partial charge in [-0.3, -0.25) is 0 Å². The number of methoxy groups -OCH3 is 1. The molecule has 0 saturated carbocycles. The molecule has 1 radical (unpaired) electrons. The lowest BCUT2D eigenvalue weighted by Crippen LogP contribution is -1.92. The fraction of sp³-hybridized carbons (Fsp3) is 0.250. The van der Waals surface area contributed by atoms with Crippen molar-refractivity contribution in [3.05, 3.63) is 52.0 Å². The van der Waals surface area contributed by atoms with Gasteiger partial charge >= 0.3 is 0 Å². The lowest BCUT2D eigenvalue weighted by Gasteiger charge is -2.12. The van der Waals surface area contributed by atoms with Gasteiger partial charge in [0.15, 0.2) is 0 Å². The third kappa shape index (κ3) is 2.59. The highest BCUT2D eigenvalue weighted by Gasteiger charge is 2.09. The minimum atomic E-state index is 0.774. The second-order valence-corrected chi connectivity index (χ2v) is 5.13. The van der Waals surface area contributed by atoms with Crippen molar-refractivity contribution in [2.75, 3.05) is 7.11 Å². The molecule has 0 amide bonds. The van der Waals surface area contributed by atoms with Gasteiger partial charge in [0.05, 0.1) is 7.11 Å². The zero-order chi connectivity index (χ0) is 13.1. The minimum absolute atomic E-state index is 0.774. The van der Waals surface area contributed by atoms with Crippen LogP contribution in [0.5, 0.6) is 5.75 Å². The summed E-state index contributed by atoms with van der Waals surface area (Å²) in [6.45, 7) is 4.26. The molecule has 2 aromatic carbocycles. The van der Waals surface area contributed by atoms with Gasteiger partial charge < -0.3 is 4.74 Å². The topological polar surface area (TPSA) is 9.23 Å². The predicted octanol–water partition coefficient (Wildman–Crippen LogP) is 4.80. The fourth-order valence-corrected chi connectivity index (χ4v) is 2.47. The lowest BCUT2D eigenvalue weighted by atomic mass is 9.96. The van der Waals surface area contributed by atoms with E-state index in [0.29, 0.717) is 0 Å². The van der Waals surface area contributed by atoms with Crippen molar-refractivity contribution < 1.29 is 4.74 Å². The highest BCUT2D eigenvalue weighted by Crippen LogP contribution is 2.34. The van der Waals surface area contributed by atoms with Gasteiger partial charge in [-0.05, 0) is 48.2 Å². The van der Waals surface area contributed by atoms with Gasteiger partial charge in [-0.25, -0.2) is 0 Å². The predicted molar refractivity (Wildman–Crippen MR) is 79.1 cm³/mol. The first-order chi connectivity index (χ1) is 8.65. The summed E-state index contributed by atoms with van der Waals surface area (Å²) in [5.41, 5.74) is 4.95. The smallest absolute Gasteiger partial charge is 0.127 e. The zero-order valence-corrected chi connectivity index (χ0v) is 12.5. The molecule has 0 atom stereocenters. The van der Waals surface area contributed by atoms with Crippen molar-refractivity contribution >= 4 is 15.9 Å². The summed E-state index contributed by atoms with van der Waals surface area (Å²) >= 11 is 3.63. The van der Waals surface area contributed by atoms with Crippen LogP contribution < -0.4 is 4.74 Å². The molecule has 0 aliphatic carbocycles. The van der Waals surface area contributed by atoms with Crippen LogP contribution in [0, 0.1) is 13.0 Å². The summed E-state index contributed by atoms with van der Waals surface area (Å²) in [5.74, 6) is 0.774. The summed E-state index contributed by atoms with van der Waals surface area (Å²) in [5, 5.41) is 0. The number of rotatable bonds is 3. The molecule has 0 bridgehead atoms. The van der Waals surface area contributed by atoms with E-state index in [1.165, 1.54) is 22.3 Å². The van der Waals surface area contributed by atoms with Crippen LogP contribution in [0.2, 0.25) is 0 Å². The fourth-order valence-electron chi connectivity index (χ4n) is 2.01. The van der Waals surface area contributed by atoms with E-state index in [4.69, 9.17) is 4.74 Å². The average molecular weight is 304 g/mol. The van der Waals surface area contributed by atoms with Crippen LogP contribution in [-0.2, 0) is 6.42 Å². The summed E-state index contributed by atoms with van der Waals surface area (Å²) in [6.07, 6.45) is 0.982. The Morgan fingerprint density at radius 2 is 2.00 bits per heavy atom. The van der Waals surface area contributed by atoms with Gasteiger partial charge in [0, 0.05) is 10.5 Å². The average Bonchev–Trinajstić information content (AvgIpc) is 2.40. The minimum Gasteiger partial charge on any atom is -0.496 e. The number of halogens is 1. The largest absolute Gasteiger partial charge is 0.496 e. The Labute approximate surface area is 117 Å². The molecule has 2 rings (SSSR count). The number of hydrogen-bond donors (Lipinski definition) is 0. The van der Waals surface area contributed by atoms with E-state index >= 15 is 0 Å². The molecule has 0 aromatic heterocycles. The number of aryl methyl sites for hydroxylation is 2. The summed E-state index contributed by atoms with van der Waals surface area (Å²) in [4.78, 5) is 0. The summed E-state index contributed by atoms with van der Waals surface area (Å²) < 4.78 is 6.38. The van der Waals surface area contributed by atoms with Crippen LogP contribution in [-0.4, -0.2) is 7.11 Å². The van der Waals surface area contributed by atoms with Crippen LogP contribution in [0.4, 0.5) is 0 Å². The van der Waals surface area contributed by atoms with E-state index in [0.717, 1.165) is 16.6 Å². The van der Waals surface area contributed by atoms with Crippen molar-refractivity contribution in [2.45, 2.75) is 20.3 Å². The second kappa shape index (κ2) is 5.57. The maximum absolute atomic E-state index is 5.28. The Bertz CT molecular complexity index is 561. The molecule has 0 aliphatic heterocycles. The van der Waals surface area contributed by atoms with Crippen molar-refractivity contribution in [3.63, 3.8) is 0 Å². The maximum Gasteiger partial charge on any atom is 0.127 e. The standard InChI is InChI=1S/C16H16BrO/c1-4-12-6-7-13(18-3)10-14(12)15-9-11(2)5-8-16(15)17/h5-6,8-10H,4H2,1-3H3. The first-order valence-corrected chi connectivity index (χ1v) is 6.80. The number of hydrogen-bond acceptors (Lipinski definition) is 1. The quantitative estimate of drug-likeness (QED) is 0.792. The number of benzene rings is 2. The van der Waals surface area contributed by atoms with Crippen molar-refractivity contribution in [2.24, 2.45) is 0 Å².